The normalized spacial score (nSPS) is 11.7. The number of azo groups is 1. The van der Waals surface area contributed by atoms with Crippen LogP contribution in [0.4, 0.5) is 17.1 Å². The van der Waals surface area contributed by atoms with Gasteiger partial charge >= 0.3 is 0 Å². The van der Waals surface area contributed by atoms with Crippen molar-refractivity contribution in [2.45, 2.75) is 11.8 Å². The van der Waals surface area contributed by atoms with E-state index in [0.29, 0.717) is 32.8 Å². The summed E-state index contributed by atoms with van der Waals surface area (Å²) in [4.78, 5) is 12.5. The van der Waals surface area contributed by atoms with Crippen molar-refractivity contribution in [2.24, 2.45) is 10.2 Å². The number of aromatic hydroxyl groups is 1. The second-order valence-corrected chi connectivity index (χ2v) is 10.1. The third kappa shape index (κ3) is 5.67. The van der Waals surface area contributed by atoms with Gasteiger partial charge in [0, 0.05) is 22.2 Å². The van der Waals surface area contributed by atoms with Crippen molar-refractivity contribution in [2.75, 3.05) is 12.4 Å². The molecule has 12 heteroatoms. The molecular formula is C25H19Cl2N3O6S. The number of rotatable bonds is 6. The summed E-state index contributed by atoms with van der Waals surface area (Å²) in [6.07, 6.45) is 0. The molecule has 0 atom stereocenters. The van der Waals surface area contributed by atoms with E-state index >= 15 is 0 Å². The molecule has 0 aliphatic rings. The Morgan fingerprint density at radius 1 is 1.03 bits per heavy atom. The lowest BCUT2D eigenvalue weighted by atomic mass is 10.0. The Labute approximate surface area is 222 Å². The molecule has 190 valence electrons. The molecule has 0 radical (unpaired) electrons. The third-order valence-corrected chi connectivity index (χ3v) is 6.86. The minimum atomic E-state index is -4.74. The van der Waals surface area contributed by atoms with Gasteiger partial charge in [0.1, 0.15) is 22.0 Å². The summed E-state index contributed by atoms with van der Waals surface area (Å²) in [5.74, 6) is -0.742. The van der Waals surface area contributed by atoms with Gasteiger partial charge in [-0.1, -0.05) is 47.5 Å². The van der Waals surface area contributed by atoms with Crippen LogP contribution in [0.1, 0.15) is 15.9 Å². The number of amides is 1. The maximum atomic E-state index is 13.1. The van der Waals surface area contributed by atoms with Crippen LogP contribution in [0.2, 0.25) is 10.0 Å². The van der Waals surface area contributed by atoms with Gasteiger partial charge in [0.15, 0.2) is 5.75 Å². The average Bonchev–Trinajstić information content (AvgIpc) is 2.81. The highest BCUT2D eigenvalue weighted by Gasteiger charge is 2.22. The van der Waals surface area contributed by atoms with Crippen LogP contribution >= 0.6 is 23.2 Å². The molecule has 0 fully saturated rings. The molecule has 0 saturated heterocycles. The number of halogens is 2. The van der Waals surface area contributed by atoms with Crippen molar-refractivity contribution in [3.05, 3.63) is 81.8 Å². The molecule has 9 nitrogen and oxygen atoms in total. The second kappa shape index (κ2) is 10.3. The molecule has 0 unspecified atom stereocenters. The number of ether oxygens (including phenoxy) is 1. The third-order valence-electron chi connectivity index (χ3n) is 5.29. The number of phenols is 1. The number of fused-ring (bicyclic) bond motifs is 1. The van der Waals surface area contributed by atoms with Crippen molar-refractivity contribution in [1.29, 1.82) is 0 Å². The summed E-state index contributed by atoms with van der Waals surface area (Å²) in [5, 5.41) is 22.8. The van der Waals surface area contributed by atoms with Crippen molar-refractivity contribution >= 4 is 67.1 Å². The Bertz CT molecular complexity index is 1690. The summed E-state index contributed by atoms with van der Waals surface area (Å²) >= 11 is 12.1. The molecule has 1 amide bonds. The first-order chi connectivity index (χ1) is 17.5. The Morgan fingerprint density at radius 2 is 1.76 bits per heavy atom. The molecule has 0 spiro atoms. The Balaban J connectivity index is 1.84. The SMILES string of the molecule is COc1cc(Cl)cc(NC(=O)c2cc3ccccc3c(N=Nc3cc(C)cc(Cl)c3S(=O)(=O)O)c2O)c1. The molecular weight excluding hydrogens is 541 g/mol. The molecule has 4 aromatic rings. The van der Waals surface area contributed by atoms with Crippen molar-refractivity contribution in [1.82, 2.24) is 0 Å². The van der Waals surface area contributed by atoms with Crippen LogP contribution in [0.25, 0.3) is 10.8 Å². The maximum Gasteiger partial charge on any atom is 0.298 e. The zero-order chi connectivity index (χ0) is 26.9. The maximum absolute atomic E-state index is 13.1. The van der Waals surface area contributed by atoms with Crippen molar-refractivity contribution < 1.29 is 27.6 Å². The highest BCUT2D eigenvalue weighted by atomic mass is 35.5. The number of phenolic OH excluding ortho intramolecular Hbond substituents is 1. The van der Waals surface area contributed by atoms with Gasteiger partial charge in [-0.05, 0) is 48.2 Å². The zero-order valence-electron chi connectivity index (χ0n) is 19.4. The van der Waals surface area contributed by atoms with E-state index in [-0.39, 0.29) is 22.0 Å². The van der Waals surface area contributed by atoms with E-state index in [1.165, 1.54) is 31.4 Å². The predicted molar refractivity (Wildman–Crippen MR) is 142 cm³/mol. The van der Waals surface area contributed by atoms with E-state index in [9.17, 15) is 22.9 Å². The van der Waals surface area contributed by atoms with Gasteiger partial charge < -0.3 is 15.2 Å². The van der Waals surface area contributed by atoms with Gasteiger partial charge in [-0.25, -0.2) is 0 Å². The van der Waals surface area contributed by atoms with Gasteiger partial charge in [-0.2, -0.15) is 8.42 Å². The first kappa shape index (κ1) is 26.4. The minimum absolute atomic E-state index is 0.0918. The Kier molecular flexibility index (Phi) is 7.37. The van der Waals surface area contributed by atoms with Crippen LogP contribution < -0.4 is 10.1 Å². The van der Waals surface area contributed by atoms with E-state index in [1.807, 2.05) is 0 Å². The number of carbonyl (C=O) groups is 1. The fourth-order valence-corrected chi connectivity index (χ4v) is 5.14. The number of hydrogen-bond acceptors (Lipinski definition) is 7. The summed E-state index contributed by atoms with van der Waals surface area (Å²) in [6, 6.07) is 15.6. The quantitative estimate of drug-likeness (QED) is 0.170. The van der Waals surface area contributed by atoms with Gasteiger partial charge in [-0.15, -0.1) is 10.2 Å². The molecule has 0 aliphatic heterocycles. The monoisotopic (exact) mass is 559 g/mol. The van der Waals surface area contributed by atoms with E-state index in [1.54, 1.807) is 43.3 Å². The topological polar surface area (TPSA) is 138 Å². The summed E-state index contributed by atoms with van der Waals surface area (Å²) in [5.41, 5.74) is 0.439. The molecule has 3 N–H and O–H groups in total. The standard InChI is InChI=1S/C25H19Cl2N3O6S/c1-13-7-20(27)24(37(33,34)35)21(8-13)29-30-22-18-6-4-3-5-14(18)9-19(23(22)31)25(32)28-16-10-15(26)11-17(12-16)36-2/h3-12,31H,1-2H3,(H,28,32)(H,33,34,35). The lowest BCUT2D eigenvalue weighted by molar-refractivity contribution is 0.102. The molecule has 0 bridgehead atoms. The molecule has 4 rings (SSSR count). The van der Waals surface area contributed by atoms with E-state index in [4.69, 9.17) is 27.9 Å². The highest BCUT2D eigenvalue weighted by Crippen LogP contribution is 2.41. The highest BCUT2D eigenvalue weighted by molar-refractivity contribution is 7.86. The van der Waals surface area contributed by atoms with Crippen LogP contribution in [-0.4, -0.2) is 31.1 Å². The van der Waals surface area contributed by atoms with Gasteiger partial charge in [0.2, 0.25) is 0 Å². The van der Waals surface area contributed by atoms with Crippen LogP contribution in [0.15, 0.2) is 75.8 Å². The first-order valence-corrected chi connectivity index (χ1v) is 12.8. The predicted octanol–water partition coefficient (Wildman–Crippen LogP) is 7.08. The number of nitrogens with zero attached hydrogens (tertiary/aromatic N) is 2. The molecule has 0 heterocycles. The lowest BCUT2D eigenvalue weighted by Crippen LogP contribution is -2.12. The largest absolute Gasteiger partial charge is 0.505 e. The summed E-state index contributed by atoms with van der Waals surface area (Å²) in [7, 11) is -3.28. The zero-order valence-corrected chi connectivity index (χ0v) is 21.7. The number of aryl methyl sites for hydroxylation is 1. The summed E-state index contributed by atoms with van der Waals surface area (Å²) < 4.78 is 38.6. The van der Waals surface area contributed by atoms with Crippen LogP contribution in [0.5, 0.6) is 11.5 Å². The number of hydrogen-bond donors (Lipinski definition) is 3. The fourth-order valence-electron chi connectivity index (χ4n) is 3.69. The fraction of sp³-hybridized carbons (Fsp3) is 0.0800. The smallest absolute Gasteiger partial charge is 0.298 e. The van der Waals surface area contributed by atoms with Crippen molar-refractivity contribution in [3.8, 4) is 11.5 Å². The summed E-state index contributed by atoms with van der Waals surface area (Å²) in [6.45, 7) is 1.65. The number of benzene rings is 4. The van der Waals surface area contributed by atoms with Gasteiger partial charge in [-0.3, -0.25) is 9.35 Å². The van der Waals surface area contributed by atoms with Crippen molar-refractivity contribution in [3.63, 3.8) is 0 Å². The minimum Gasteiger partial charge on any atom is -0.505 e. The number of carbonyl (C=O) groups excluding carboxylic acids is 1. The Hall–Kier alpha value is -3.70. The molecule has 0 saturated carbocycles. The molecule has 37 heavy (non-hydrogen) atoms. The molecule has 0 aliphatic carbocycles. The molecule has 4 aromatic carbocycles. The second-order valence-electron chi connectivity index (χ2n) is 7.95. The van der Waals surface area contributed by atoms with Gasteiger partial charge in [0.05, 0.1) is 17.7 Å². The van der Waals surface area contributed by atoms with Gasteiger partial charge in [0.25, 0.3) is 16.0 Å². The van der Waals surface area contributed by atoms with E-state index in [0.717, 1.165) is 0 Å². The van der Waals surface area contributed by atoms with Crippen LogP contribution in [-0.2, 0) is 10.1 Å². The average molecular weight is 560 g/mol. The number of methoxy groups -OCH3 is 1. The number of anilines is 1. The van der Waals surface area contributed by atoms with Crippen LogP contribution in [0.3, 0.4) is 0 Å². The molecule has 0 aromatic heterocycles. The van der Waals surface area contributed by atoms with E-state index in [2.05, 4.69) is 15.5 Å². The van der Waals surface area contributed by atoms with Crippen LogP contribution in [0, 0.1) is 6.92 Å². The number of nitrogens with one attached hydrogen (secondary N) is 1. The Morgan fingerprint density at radius 3 is 2.46 bits per heavy atom. The lowest BCUT2D eigenvalue weighted by Gasteiger charge is -2.12. The van der Waals surface area contributed by atoms with E-state index < -0.39 is 26.7 Å². The first-order valence-electron chi connectivity index (χ1n) is 10.6.